The predicted molar refractivity (Wildman–Crippen MR) is 71.1 cm³/mol. The highest BCUT2D eigenvalue weighted by molar-refractivity contribution is 5.40. The monoisotopic (exact) mass is 247 g/mol. The van der Waals surface area contributed by atoms with Crippen molar-refractivity contribution in [3.8, 4) is 5.88 Å². The number of ether oxygens (including phenoxy) is 1. The van der Waals surface area contributed by atoms with E-state index in [1.807, 2.05) is 13.0 Å². The smallest absolute Gasteiger partial charge is 0.218 e. The fraction of sp³-hybridized carbons (Fsp3) is 0.714. The number of anilines is 1. The molecule has 0 aliphatic heterocycles. The van der Waals surface area contributed by atoms with Gasteiger partial charge in [-0.1, -0.05) is 12.8 Å². The molecule has 1 aromatic rings. The topological polar surface area (TPSA) is 47.0 Å². The number of rotatable bonds is 5. The van der Waals surface area contributed by atoms with E-state index in [1.54, 1.807) is 0 Å². The van der Waals surface area contributed by atoms with Crippen molar-refractivity contribution in [2.45, 2.75) is 57.4 Å². The van der Waals surface area contributed by atoms with Gasteiger partial charge in [0.1, 0.15) is 11.6 Å². The maximum Gasteiger partial charge on any atom is 0.218 e. The van der Waals surface area contributed by atoms with E-state index in [4.69, 9.17) is 4.74 Å². The lowest BCUT2D eigenvalue weighted by molar-refractivity contribution is 0.325. The van der Waals surface area contributed by atoms with Crippen LogP contribution < -0.4 is 10.1 Å². The van der Waals surface area contributed by atoms with Gasteiger partial charge in [0, 0.05) is 18.0 Å². The minimum Gasteiger partial charge on any atom is -0.478 e. The number of nitrogens with one attached hydrogen (secondary N) is 1. The first-order valence-electron chi connectivity index (χ1n) is 7.13. The Bertz CT molecular complexity index is 412. The molecule has 2 aliphatic rings. The highest BCUT2D eigenvalue weighted by Gasteiger charge is 2.28. The molecular formula is C14H21N3O. The number of aromatic nitrogens is 2. The Balaban J connectivity index is 1.77. The molecule has 0 spiro atoms. The summed E-state index contributed by atoms with van der Waals surface area (Å²) in [4.78, 5) is 9.13. The lowest BCUT2D eigenvalue weighted by atomic mass is 10.2. The van der Waals surface area contributed by atoms with E-state index in [2.05, 4.69) is 15.3 Å². The van der Waals surface area contributed by atoms with Crippen LogP contribution in [0, 0.1) is 0 Å². The summed E-state index contributed by atoms with van der Waals surface area (Å²) in [7, 11) is 0. The van der Waals surface area contributed by atoms with Crippen molar-refractivity contribution in [3.05, 3.63) is 11.9 Å². The van der Waals surface area contributed by atoms with Crippen molar-refractivity contribution in [3.63, 3.8) is 0 Å². The fourth-order valence-corrected chi connectivity index (χ4v) is 2.54. The van der Waals surface area contributed by atoms with Crippen molar-refractivity contribution >= 4 is 5.82 Å². The second-order valence-corrected chi connectivity index (χ2v) is 5.28. The molecule has 0 bridgehead atoms. The Kier molecular flexibility index (Phi) is 3.35. The van der Waals surface area contributed by atoms with E-state index < -0.39 is 0 Å². The summed E-state index contributed by atoms with van der Waals surface area (Å²) in [6, 6.07) is 2.52. The van der Waals surface area contributed by atoms with Crippen LogP contribution in [0.4, 0.5) is 5.82 Å². The molecule has 0 atom stereocenters. The van der Waals surface area contributed by atoms with Gasteiger partial charge in [-0.15, -0.1) is 0 Å². The van der Waals surface area contributed by atoms with Gasteiger partial charge in [0.25, 0.3) is 0 Å². The minimum atomic E-state index is 0.564. The van der Waals surface area contributed by atoms with E-state index in [0.717, 1.165) is 17.5 Å². The highest BCUT2D eigenvalue weighted by atomic mass is 16.5. The van der Waals surface area contributed by atoms with Gasteiger partial charge in [-0.3, -0.25) is 0 Å². The molecule has 1 aromatic heterocycles. The largest absolute Gasteiger partial charge is 0.478 e. The maximum absolute atomic E-state index is 5.54. The van der Waals surface area contributed by atoms with E-state index in [9.17, 15) is 0 Å². The van der Waals surface area contributed by atoms with Crippen LogP contribution in [-0.2, 0) is 0 Å². The van der Waals surface area contributed by atoms with Crippen molar-refractivity contribution in [2.75, 3.05) is 11.9 Å². The third-order valence-electron chi connectivity index (χ3n) is 3.66. The van der Waals surface area contributed by atoms with Crippen molar-refractivity contribution in [1.29, 1.82) is 0 Å². The first-order valence-corrected chi connectivity index (χ1v) is 7.13. The molecule has 3 rings (SSSR count). The lowest BCUT2D eigenvalue weighted by Gasteiger charge is -2.14. The van der Waals surface area contributed by atoms with Crippen LogP contribution in [0.3, 0.4) is 0 Å². The predicted octanol–water partition coefficient (Wildman–Crippen LogP) is 3.11. The van der Waals surface area contributed by atoms with E-state index in [-0.39, 0.29) is 0 Å². The first-order chi connectivity index (χ1) is 8.85. The third-order valence-corrected chi connectivity index (χ3v) is 3.66. The first kappa shape index (κ1) is 11.8. The molecule has 4 heteroatoms. The molecule has 0 amide bonds. The molecule has 98 valence electrons. The molecule has 2 fully saturated rings. The molecular weight excluding hydrogens is 226 g/mol. The van der Waals surface area contributed by atoms with Gasteiger partial charge >= 0.3 is 0 Å². The third kappa shape index (κ3) is 2.74. The molecule has 0 saturated heterocycles. The van der Waals surface area contributed by atoms with Crippen LogP contribution in [0.5, 0.6) is 5.88 Å². The average molecular weight is 247 g/mol. The molecule has 2 aliphatic carbocycles. The van der Waals surface area contributed by atoms with E-state index >= 15 is 0 Å². The fourth-order valence-electron chi connectivity index (χ4n) is 2.54. The number of hydrogen-bond donors (Lipinski definition) is 1. The molecule has 0 radical (unpaired) electrons. The zero-order valence-corrected chi connectivity index (χ0v) is 11.0. The van der Waals surface area contributed by atoms with Crippen LogP contribution >= 0.6 is 0 Å². The van der Waals surface area contributed by atoms with Crippen molar-refractivity contribution in [1.82, 2.24) is 9.97 Å². The molecule has 2 saturated carbocycles. The quantitative estimate of drug-likeness (QED) is 0.868. The zero-order chi connectivity index (χ0) is 12.4. The van der Waals surface area contributed by atoms with Gasteiger partial charge in [0.15, 0.2) is 0 Å². The summed E-state index contributed by atoms with van der Waals surface area (Å²) in [5, 5.41) is 3.53. The summed E-state index contributed by atoms with van der Waals surface area (Å²) < 4.78 is 5.54. The van der Waals surface area contributed by atoms with Crippen LogP contribution in [0.2, 0.25) is 0 Å². The second kappa shape index (κ2) is 5.12. The second-order valence-electron chi connectivity index (χ2n) is 5.28. The molecule has 18 heavy (non-hydrogen) atoms. The Morgan fingerprint density at radius 3 is 2.67 bits per heavy atom. The molecule has 4 nitrogen and oxygen atoms in total. The maximum atomic E-state index is 5.54. The molecule has 0 unspecified atom stereocenters. The van der Waals surface area contributed by atoms with Crippen molar-refractivity contribution in [2.24, 2.45) is 0 Å². The van der Waals surface area contributed by atoms with Crippen LogP contribution in [0.1, 0.15) is 57.2 Å². The highest BCUT2D eigenvalue weighted by Crippen LogP contribution is 2.39. The summed E-state index contributed by atoms with van der Waals surface area (Å²) in [5.74, 6) is 3.19. The van der Waals surface area contributed by atoms with E-state index in [1.165, 1.54) is 38.5 Å². The summed E-state index contributed by atoms with van der Waals surface area (Å²) in [6.45, 7) is 2.65. The molecule has 0 aromatic carbocycles. The lowest BCUT2D eigenvalue weighted by Crippen LogP contribution is -2.16. The average Bonchev–Trinajstić information content (AvgIpc) is 3.09. The van der Waals surface area contributed by atoms with Crippen LogP contribution in [0.15, 0.2) is 6.07 Å². The van der Waals surface area contributed by atoms with Crippen LogP contribution in [0.25, 0.3) is 0 Å². The number of nitrogens with zero attached hydrogens (tertiary/aromatic N) is 2. The Morgan fingerprint density at radius 1 is 1.22 bits per heavy atom. The molecule has 1 heterocycles. The van der Waals surface area contributed by atoms with Gasteiger partial charge in [-0.05, 0) is 32.6 Å². The van der Waals surface area contributed by atoms with Crippen molar-refractivity contribution < 1.29 is 4.74 Å². The van der Waals surface area contributed by atoms with Gasteiger partial charge in [-0.25, -0.2) is 4.98 Å². The number of hydrogen-bond acceptors (Lipinski definition) is 4. The van der Waals surface area contributed by atoms with Gasteiger partial charge in [-0.2, -0.15) is 4.98 Å². The SMILES string of the molecule is CCOc1cc(NC2CCCC2)nc(C2CC2)n1. The van der Waals surface area contributed by atoms with Gasteiger partial charge < -0.3 is 10.1 Å². The summed E-state index contributed by atoms with van der Waals surface area (Å²) in [6.07, 6.45) is 7.61. The molecule has 1 N–H and O–H groups in total. The Labute approximate surface area is 108 Å². The van der Waals surface area contributed by atoms with Gasteiger partial charge in [0.2, 0.25) is 5.88 Å². The Hall–Kier alpha value is -1.32. The Morgan fingerprint density at radius 2 is 2.00 bits per heavy atom. The normalized spacial score (nSPS) is 20.1. The standard InChI is InChI=1S/C14H21N3O/c1-2-18-13-9-12(15-11-5-3-4-6-11)16-14(17-13)10-7-8-10/h9-11H,2-8H2,1H3,(H,15,16,17). The summed E-state index contributed by atoms with van der Waals surface area (Å²) in [5.41, 5.74) is 0. The zero-order valence-electron chi connectivity index (χ0n) is 11.0. The van der Waals surface area contributed by atoms with Crippen LogP contribution in [-0.4, -0.2) is 22.6 Å². The summed E-state index contributed by atoms with van der Waals surface area (Å²) >= 11 is 0. The van der Waals surface area contributed by atoms with Gasteiger partial charge in [0.05, 0.1) is 6.61 Å². The minimum absolute atomic E-state index is 0.564. The van der Waals surface area contributed by atoms with E-state index in [0.29, 0.717) is 18.6 Å².